The maximum atomic E-state index is 12.2. The predicted molar refractivity (Wildman–Crippen MR) is 62.7 cm³/mol. The molecule has 0 spiro atoms. The first-order valence-corrected chi connectivity index (χ1v) is 6.85. The van der Waals surface area contributed by atoms with E-state index in [0.717, 1.165) is 5.92 Å². The molecule has 0 heterocycles. The monoisotopic (exact) mass is 208 g/mol. The number of hydrogen-bond donors (Lipinski definition) is 0. The molecule has 0 radical (unpaired) electrons. The minimum Gasteiger partial charge on any atom is -0.299 e. The summed E-state index contributed by atoms with van der Waals surface area (Å²) in [5.41, 5.74) is 0. The Bertz CT molecular complexity index is 207. The van der Waals surface area contributed by atoms with Crippen LogP contribution < -0.4 is 0 Å². The molecule has 0 atom stereocenters. The van der Waals surface area contributed by atoms with Gasteiger partial charge in [0.2, 0.25) is 0 Å². The second-order valence-electron chi connectivity index (χ2n) is 5.51. The Kier molecular flexibility index (Phi) is 3.82. The van der Waals surface area contributed by atoms with Gasteiger partial charge in [-0.25, -0.2) is 0 Å². The molecule has 86 valence electrons. The summed E-state index contributed by atoms with van der Waals surface area (Å²) in [6.45, 7) is 2.28. The van der Waals surface area contributed by atoms with Gasteiger partial charge >= 0.3 is 0 Å². The Morgan fingerprint density at radius 2 is 1.47 bits per heavy atom. The van der Waals surface area contributed by atoms with E-state index in [1.807, 2.05) is 0 Å². The highest BCUT2D eigenvalue weighted by Gasteiger charge is 2.31. The molecule has 2 aliphatic rings. The highest BCUT2D eigenvalue weighted by molar-refractivity contribution is 5.83. The molecule has 2 saturated carbocycles. The zero-order valence-electron chi connectivity index (χ0n) is 10.0. The average molecular weight is 208 g/mol. The first kappa shape index (κ1) is 11.2. The van der Waals surface area contributed by atoms with Crippen molar-refractivity contribution in [2.24, 2.45) is 17.8 Å². The van der Waals surface area contributed by atoms with Crippen LogP contribution in [0.15, 0.2) is 0 Å². The van der Waals surface area contributed by atoms with Crippen LogP contribution in [-0.2, 0) is 4.79 Å². The maximum Gasteiger partial charge on any atom is 0.139 e. The van der Waals surface area contributed by atoms with Crippen molar-refractivity contribution in [1.29, 1.82) is 0 Å². The first-order valence-electron chi connectivity index (χ1n) is 6.85. The first-order chi connectivity index (χ1) is 7.31. The zero-order valence-corrected chi connectivity index (χ0v) is 10.0. The van der Waals surface area contributed by atoms with E-state index >= 15 is 0 Å². The Balaban J connectivity index is 1.81. The van der Waals surface area contributed by atoms with Crippen molar-refractivity contribution in [1.82, 2.24) is 0 Å². The normalized spacial score (nSPS) is 33.1. The van der Waals surface area contributed by atoms with Crippen molar-refractivity contribution in [2.75, 3.05) is 0 Å². The topological polar surface area (TPSA) is 17.1 Å². The van der Waals surface area contributed by atoms with Crippen LogP contribution in [0.1, 0.15) is 64.7 Å². The van der Waals surface area contributed by atoms with Crippen LogP contribution >= 0.6 is 0 Å². The van der Waals surface area contributed by atoms with Crippen LogP contribution in [0.5, 0.6) is 0 Å². The molecule has 0 bridgehead atoms. The number of carbonyl (C=O) groups excluding carboxylic acids is 1. The van der Waals surface area contributed by atoms with Gasteiger partial charge in [0.25, 0.3) is 0 Å². The van der Waals surface area contributed by atoms with E-state index in [1.165, 1.54) is 57.8 Å². The van der Waals surface area contributed by atoms with Gasteiger partial charge in [0.15, 0.2) is 0 Å². The predicted octanol–water partition coefficient (Wildman–Crippen LogP) is 3.96. The molecular formula is C14H24O. The zero-order chi connectivity index (χ0) is 10.7. The Morgan fingerprint density at radius 1 is 0.933 bits per heavy atom. The summed E-state index contributed by atoms with van der Waals surface area (Å²) < 4.78 is 0. The third-order valence-electron chi connectivity index (χ3n) is 4.58. The molecule has 0 aromatic rings. The standard InChI is InChI=1S/C14H24O/c1-2-11-7-9-13(10-8-11)14(15)12-5-3-4-6-12/h11-13H,2-10H2,1H3. The molecule has 0 saturated heterocycles. The molecule has 0 aliphatic heterocycles. The van der Waals surface area contributed by atoms with E-state index in [-0.39, 0.29) is 0 Å². The Hall–Kier alpha value is -0.330. The van der Waals surface area contributed by atoms with Crippen molar-refractivity contribution < 1.29 is 4.79 Å². The molecule has 2 aliphatic carbocycles. The fourth-order valence-corrected chi connectivity index (χ4v) is 3.40. The summed E-state index contributed by atoms with van der Waals surface area (Å²) >= 11 is 0. The molecule has 0 N–H and O–H groups in total. The van der Waals surface area contributed by atoms with Crippen molar-refractivity contribution >= 4 is 5.78 Å². The molecule has 2 fully saturated rings. The lowest BCUT2D eigenvalue weighted by atomic mass is 9.76. The molecular weight excluding hydrogens is 184 g/mol. The van der Waals surface area contributed by atoms with Gasteiger partial charge in [0.05, 0.1) is 0 Å². The van der Waals surface area contributed by atoms with E-state index in [9.17, 15) is 4.79 Å². The SMILES string of the molecule is CCC1CCC(C(=O)C2CCCC2)CC1. The summed E-state index contributed by atoms with van der Waals surface area (Å²) in [7, 11) is 0. The third kappa shape index (κ3) is 2.62. The lowest BCUT2D eigenvalue weighted by Crippen LogP contribution is -2.26. The van der Waals surface area contributed by atoms with Crippen molar-refractivity contribution in [3.63, 3.8) is 0 Å². The van der Waals surface area contributed by atoms with Gasteiger partial charge in [-0.3, -0.25) is 4.79 Å². The van der Waals surface area contributed by atoms with Crippen LogP contribution in [0.3, 0.4) is 0 Å². The van der Waals surface area contributed by atoms with E-state index in [2.05, 4.69) is 6.92 Å². The van der Waals surface area contributed by atoms with E-state index in [4.69, 9.17) is 0 Å². The van der Waals surface area contributed by atoms with Crippen LogP contribution in [0.4, 0.5) is 0 Å². The fraction of sp³-hybridized carbons (Fsp3) is 0.929. The molecule has 1 nitrogen and oxygen atoms in total. The van der Waals surface area contributed by atoms with E-state index in [1.54, 1.807) is 0 Å². The quantitative estimate of drug-likeness (QED) is 0.686. The van der Waals surface area contributed by atoms with Crippen molar-refractivity contribution in [3.05, 3.63) is 0 Å². The highest BCUT2D eigenvalue weighted by atomic mass is 16.1. The fourth-order valence-electron chi connectivity index (χ4n) is 3.40. The minimum absolute atomic E-state index is 0.441. The third-order valence-corrected chi connectivity index (χ3v) is 4.58. The smallest absolute Gasteiger partial charge is 0.139 e. The number of hydrogen-bond acceptors (Lipinski definition) is 1. The lowest BCUT2D eigenvalue weighted by Gasteiger charge is -2.28. The van der Waals surface area contributed by atoms with Gasteiger partial charge in [0.1, 0.15) is 5.78 Å². The summed E-state index contributed by atoms with van der Waals surface area (Å²) in [6, 6.07) is 0. The van der Waals surface area contributed by atoms with Gasteiger partial charge in [-0.05, 0) is 44.4 Å². The van der Waals surface area contributed by atoms with Crippen LogP contribution in [0, 0.1) is 17.8 Å². The molecule has 0 aromatic heterocycles. The largest absolute Gasteiger partial charge is 0.299 e. The number of ketones is 1. The van der Waals surface area contributed by atoms with Gasteiger partial charge in [-0.1, -0.05) is 26.2 Å². The maximum absolute atomic E-state index is 12.2. The molecule has 15 heavy (non-hydrogen) atoms. The summed E-state index contributed by atoms with van der Waals surface area (Å²) in [5, 5.41) is 0. The Morgan fingerprint density at radius 3 is 2.00 bits per heavy atom. The van der Waals surface area contributed by atoms with E-state index in [0.29, 0.717) is 17.6 Å². The minimum atomic E-state index is 0.441. The molecule has 0 aromatic carbocycles. The Labute approximate surface area is 93.6 Å². The molecule has 0 amide bonds. The van der Waals surface area contributed by atoms with E-state index < -0.39 is 0 Å². The number of Topliss-reactive ketones (excluding diaryl/α,β-unsaturated/α-hetero) is 1. The summed E-state index contributed by atoms with van der Waals surface area (Å²) in [5.74, 6) is 2.43. The van der Waals surface area contributed by atoms with Crippen molar-refractivity contribution in [2.45, 2.75) is 64.7 Å². The molecule has 0 unspecified atom stereocenters. The van der Waals surface area contributed by atoms with Crippen molar-refractivity contribution in [3.8, 4) is 0 Å². The van der Waals surface area contributed by atoms with Gasteiger partial charge in [0, 0.05) is 11.8 Å². The second-order valence-corrected chi connectivity index (χ2v) is 5.51. The number of carbonyl (C=O) groups is 1. The van der Waals surface area contributed by atoms with Gasteiger partial charge in [-0.2, -0.15) is 0 Å². The van der Waals surface area contributed by atoms with Gasteiger partial charge < -0.3 is 0 Å². The summed E-state index contributed by atoms with van der Waals surface area (Å²) in [4.78, 5) is 12.2. The van der Waals surface area contributed by atoms with Crippen LogP contribution in [0.2, 0.25) is 0 Å². The molecule has 1 heteroatoms. The molecule has 2 rings (SSSR count). The number of rotatable bonds is 3. The second kappa shape index (κ2) is 5.14. The lowest BCUT2D eigenvalue weighted by molar-refractivity contribution is -0.127. The average Bonchev–Trinajstić information content (AvgIpc) is 2.82. The van der Waals surface area contributed by atoms with Gasteiger partial charge in [-0.15, -0.1) is 0 Å². The highest BCUT2D eigenvalue weighted by Crippen LogP contribution is 2.36. The van der Waals surface area contributed by atoms with Crippen LogP contribution in [-0.4, -0.2) is 5.78 Å². The van der Waals surface area contributed by atoms with Crippen LogP contribution in [0.25, 0.3) is 0 Å². The summed E-state index contributed by atoms with van der Waals surface area (Å²) in [6.07, 6.45) is 11.3.